The molecule has 2 unspecified atom stereocenters. The molecular weight excluding hydrogens is 571 g/mol. The predicted molar refractivity (Wildman–Crippen MR) is 198 cm³/mol. The van der Waals surface area contributed by atoms with Crippen molar-refractivity contribution < 1.29 is 0 Å². The van der Waals surface area contributed by atoms with Gasteiger partial charge in [-0.3, -0.25) is 0 Å². The second kappa shape index (κ2) is 11.4. The van der Waals surface area contributed by atoms with E-state index >= 15 is 0 Å². The van der Waals surface area contributed by atoms with Gasteiger partial charge in [0.2, 0.25) is 0 Å². The van der Waals surface area contributed by atoms with Gasteiger partial charge in [-0.15, -0.1) is 0 Å². The summed E-state index contributed by atoms with van der Waals surface area (Å²) in [6.07, 6.45) is 6.32. The first-order valence-corrected chi connectivity index (χ1v) is 16.4. The molecule has 0 amide bonds. The van der Waals surface area contributed by atoms with Gasteiger partial charge in [0.25, 0.3) is 0 Å². The minimum atomic E-state index is 0.00822. The van der Waals surface area contributed by atoms with Gasteiger partial charge in [0, 0.05) is 34.0 Å². The average Bonchev–Trinajstić information content (AvgIpc) is 3.56. The maximum Gasteiger partial charge on any atom is 0.100 e. The summed E-state index contributed by atoms with van der Waals surface area (Å²) in [5.74, 6) is 0.627. The Morgan fingerprint density at radius 2 is 1.36 bits per heavy atom. The Kier molecular flexibility index (Phi) is 6.99. The fourth-order valence-electron chi connectivity index (χ4n) is 8.06. The summed E-state index contributed by atoms with van der Waals surface area (Å²) in [5.41, 5.74) is 13.3. The second-order valence-electron chi connectivity index (χ2n) is 13.3. The molecule has 3 nitrogen and oxygen atoms in total. The Bertz CT molecular complexity index is 2230. The van der Waals surface area contributed by atoms with Crippen molar-refractivity contribution in [1.29, 1.82) is 5.41 Å². The largest absolute Gasteiger partial charge is 0.303 e. The van der Waals surface area contributed by atoms with Crippen molar-refractivity contribution in [3.8, 4) is 11.1 Å². The maximum absolute atomic E-state index is 8.98. The molecule has 1 aromatic heterocycles. The highest BCUT2D eigenvalue weighted by Crippen LogP contribution is 2.59. The van der Waals surface area contributed by atoms with E-state index in [9.17, 15) is 0 Å². The molecule has 6 aromatic rings. The van der Waals surface area contributed by atoms with E-state index in [-0.39, 0.29) is 11.3 Å². The summed E-state index contributed by atoms with van der Waals surface area (Å²) in [6, 6.07) is 46.4. The fourth-order valence-corrected chi connectivity index (χ4v) is 8.06. The Balaban J connectivity index is 1.26. The first-order valence-electron chi connectivity index (χ1n) is 16.4. The number of para-hydroxylation sites is 1. The van der Waals surface area contributed by atoms with Crippen LogP contribution in [-0.2, 0) is 5.41 Å². The van der Waals surface area contributed by atoms with Gasteiger partial charge in [0.1, 0.15) is 6.34 Å². The van der Waals surface area contributed by atoms with Gasteiger partial charge in [-0.1, -0.05) is 148 Å². The van der Waals surface area contributed by atoms with Crippen LogP contribution in [0.1, 0.15) is 60.2 Å². The van der Waals surface area contributed by atoms with Gasteiger partial charge in [0.15, 0.2) is 0 Å². The molecule has 0 bridgehead atoms. The van der Waals surface area contributed by atoms with Crippen LogP contribution >= 0.6 is 0 Å². The summed E-state index contributed by atoms with van der Waals surface area (Å²) >= 11 is 0. The third-order valence-electron chi connectivity index (χ3n) is 10.2. The Morgan fingerprint density at radius 1 is 0.723 bits per heavy atom. The molecule has 0 fully saturated rings. The van der Waals surface area contributed by atoms with Gasteiger partial charge in [-0.2, -0.15) is 0 Å². The van der Waals surface area contributed by atoms with E-state index in [1.807, 2.05) is 48.8 Å². The third-order valence-corrected chi connectivity index (χ3v) is 10.2. The molecule has 0 saturated carbocycles. The van der Waals surface area contributed by atoms with Crippen molar-refractivity contribution >= 4 is 40.3 Å². The van der Waals surface area contributed by atoms with Crippen molar-refractivity contribution in [1.82, 2.24) is 4.57 Å². The SMILES string of the molecule is CC1c2c(c3ccccc3n2C=N/C(=C\C(=N)c2ccccc2)c2ccc(-c3ccccc3)cc2)C=C2c3ccccc3C(C)(C)C21. The minimum Gasteiger partial charge on any atom is -0.303 e. The molecule has 2 atom stereocenters. The average molecular weight is 608 g/mol. The van der Waals surface area contributed by atoms with E-state index in [1.165, 1.54) is 38.9 Å². The number of aliphatic imine (C=N–C) groups is 1. The maximum atomic E-state index is 8.98. The molecule has 0 radical (unpaired) electrons. The van der Waals surface area contributed by atoms with Gasteiger partial charge < -0.3 is 9.98 Å². The highest BCUT2D eigenvalue weighted by Gasteiger charge is 2.48. The van der Waals surface area contributed by atoms with E-state index in [0.717, 1.165) is 27.9 Å². The second-order valence-corrected chi connectivity index (χ2v) is 13.3. The zero-order chi connectivity index (χ0) is 32.1. The highest BCUT2D eigenvalue weighted by atomic mass is 15.0. The number of hydrogen-bond acceptors (Lipinski definition) is 2. The highest BCUT2D eigenvalue weighted by molar-refractivity contribution is 6.11. The zero-order valence-corrected chi connectivity index (χ0v) is 27.0. The standard InChI is InChI=1S/C44H37N3/c1-29-42-36(34-18-10-12-20-38(34)44(42,2)3)26-37-35-19-11-13-21-41(35)47(43(29)37)28-46-40(27-39(45)32-16-8-5-9-17-32)33-24-22-31(23-25-33)30-14-6-4-7-15-30/h4-29,42,45H,1-3H3/b40-27-,45-39?,46-28?. The van der Waals surface area contributed by atoms with E-state index in [1.54, 1.807) is 0 Å². The lowest BCUT2D eigenvalue weighted by Crippen LogP contribution is -2.30. The molecule has 0 aliphatic heterocycles. The monoisotopic (exact) mass is 607 g/mol. The number of benzene rings is 5. The van der Waals surface area contributed by atoms with E-state index in [4.69, 9.17) is 10.4 Å². The van der Waals surface area contributed by atoms with Crippen LogP contribution < -0.4 is 0 Å². The predicted octanol–water partition coefficient (Wildman–Crippen LogP) is 10.9. The number of rotatable bonds is 6. The van der Waals surface area contributed by atoms with Gasteiger partial charge in [0.05, 0.1) is 16.9 Å². The Hall–Kier alpha value is -5.54. The molecule has 3 heteroatoms. The van der Waals surface area contributed by atoms with E-state index in [2.05, 4.69) is 128 Å². The molecule has 0 spiro atoms. The van der Waals surface area contributed by atoms with Crippen LogP contribution in [0.5, 0.6) is 0 Å². The summed E-state index contributed by atoms with van der Waals surface area (Å²) in [6.45, 7) is 7.18. The van der Waals surface area contributed by atoms with Crippen molar-refractivity contribution in [2.45, 2.75) is 32.1 Å². The van der Waals surface area contributed by atoms with Crippen LogP contribution in [0.15, 0.2) is 145 Å². The summed E-state index contributed by atoms with van der Waals surface area (Å²) in [7, 11) is 0. The first kappa shape index (κ1) is 28.9. The third kappa shape index (κ3) is 4.82. The van der Waals surface area contributed by atoms with E-state index in [0.29, 0.717) is 11.6 Å². The molecular formula is C44H37N3. The van der Waals surface area contributed by atoms with Gasteiger partial charge >= 0.3 is 0 Å². The number of nitrogens with zero attached hydrogens (tertiary/aromatic N) is 2. The van der Waals surface area contributed by atoms with Gasteiger partial charge in [-0.05, 0) is 57.0 Å². The smallest absolute Gasteiger partial charge is 0.100 e. The molecule has 0 saturated heterocycles. The Labute approximate surface area is 276 Å². The van der Waals surface area contributed by atoms with Crippen LogP contribution in [-0.4, -0.2) is 16.6 Å². The Morgan fingerprint density at radius 3 is 2.13 bits per heavy atom. The van der Waals surface area contributed by atoms with Crippen molar-refractivity contribution in [2.24, 2.45) is 10.9 Å². The van der Waals surface area contributed by atoms with Crippen LogP contribution in [0.4, 0.5) is 0 Å². The quantitative estimate of drug-likeness (QED) is 0.145. The van der Waals surface area contributed by atoms with Gasteiger partial charge in [-0.25, -0.2) is 4.99 Å². The van der Waals surface area contributed by atoms with Crippen molar-refractivity contribution in [3.05, 3.63) is 173 Å². The number of fused-ring (bicyclic) bond motifs is 6. The number of nitrogens with one attached hydrogen (secondary N) is 1. The summed E-state index contributed by atoms with van der Waals surface area (Å²) in [5, 5.41) is 10.2. The van der Waals surface area contributed by atoms with Crippen LogP contribution in [0.25, 0.3) is 39.4 Å². The molecule has 47 heavy (non-hydrogen) atoms. The van der Waals surface area contributed by atoms with Crippen molar-refractivity contribution in [3.63, 3.8) is 0 Å². The lowest BCUT2D eigenvalue weighted by molar-refractivity contribution is 0.360. The molecule has 228 valence electrons. The van der Waals surface area contributed by atoms with Crippen LogP contribution in [0.3, 0.4) is 0 Å². The fraction of sp³-hybridized carbons (Fsp3) is 0.136. The lowest BCUT2D eigenvalue weighted by Gasteiger charge is -2.36. The molecule has 2 aliphatic carbocycles. The lowest BCUT2D eigenvalue weighted by atomic mass is 9.68. The van der Waals surface area contributed by atoms with Crippen LogP contribution in [0.2, 0.25) is 0 Å². The minimum absolute atomic E-state index is 0.00822. The molecule has 5 aromatic carbocycles. The normalized spacial score (nSPS) is 18.1. The number of hydrogen-bond donors (Lipinski definition) is 1. The number of aromatic nitrogens is 1. The van der Waals surface area contributed by atoms with E-state index < -0.39 is 0 Å². The molecule has 8 rings (SSSR count). The zero-order valence-electron chi connectivity index (χ0n) is 27.0. The van der Waals surface area contributed by atoms with Crippen molar-refractivity contribution in [2.75, 3.05) is 0 Å². The molecule has 1 N–H and O–H groups in total. The van der Waals surface area contributed by atoms with Crippen LogP contribution in [0, 0.1) is 11.3 Å². The number of allylic oxidation sites excluding steroid dienone is 2. The topological polar surface area (TPSA) is 41.1 Å². The summed E-state index contributed by atoms with van der Waals surface area (Å²) < 4.78 is 2.31. The molecule has 1 heterocycles. The summed E-state index contributed by atoms with van der Waals surface area (Å²) in [4.78, 5) is 5.20. The molecule has 2 aliphatic rings. The first-order chi connectivity index (χ1) is 22.9.